The van der Waals surface area contributed by atoms with Crippen LogP contribution in [0.4, 0.5) is 0 Å². The van der Waals surface area contributed by atoms with Gasteiger partial charge in [-0.25, -0.2) is 0 Å². The number of carbonyl (C=O) groups excluding carboxylic acids is 1. The lowest BCUT2D eigenvalue weighted by Crippen LogP contribution is -2.47. The number of rotatable bonds is 3. The number of carbonyl (C=O) groups is 1. The van der Waals surface area contributed by atoms with E-state index in [0.717, 1.165) is 12.1 Å². The molecule has 1 atom stereocenters. The van der Waals surface area contributed by atoms with Crippen LogP contribution in [-0.4, -0.2) is 31.6 Å². The topological polar surface area (TPSA) is 38.3 Å². The van der Waals surface area contributed by atoms with Crippen molar-refractivity contribution in [3.8, 4) is 0 Å². The van der Waals surface area contributed by atoms with Crippen molar-refractivity contribution in [2.24, 2.45) is 0 Å². The first-order valence-electron chi connectivity index (χ1n) is 5.65. The Hall–Kier alpha value is -1.19. The minimum absolute atomic E-state index is 0.130. The predicted octanol–water partition coefficient (Wildman–Crippen LogP) is 1.10. The highest BCUT2D eigenvalue weighted by molar-refractivity contribution is 5.86. The molecule has 0 aromatic heterocycles. The summed E-state index contributed by atoms with van der Waals surface area (Å²) in [6, 6.07) is 7.96. The zero-order valence-electron chi connectivity index (χ0n) is 9.53. The SMILES string of the molecule is Cc1ccc(CC(=O)C2COCCN2)cc1. The molecule has 0 amide bonds. The quantitative estimate of drug-likeness (QED) is 0.827. The third kappa shape index (κ3) is 2.90. The molecule has 0 saturated carbocycles. The van der Waals surface area contributed by atoms with E-state index in [1.807, 2.05) is 31.2 Å². The van der Waals surface area contributed by atoms with E-state index in [0.29, 0.717) is 19.6 Å². The van der Waals surface area contributed by atoms with Crippen LogP contribution in [0, 0.1) is 6.92 Å². The third-order valence-corrected chi connectivity index (χ3v) is 2.81. The Morgan fingerprint density at radius 1 is 1.44 bits per heavy atom. The van der Waals surface area contributed by atoms with Crippen molar-refractivity contribution in [3.05, 3.63) is 35.4 Å². The van der Waals surface area contributed by atoms with Crippen LogP contribution in [0.25, 0.3) is 0 Å². The van der Waals surface area contributed by atoms with E-state index >= 15 is 0 Å². The van der Waals surface area contributed by atoms with Crippen LogP contribution in [0.15, 0.2) is 24.3 Å². The number of aryl methyl sites for hydroxylation is 1. The first-order valence-corrected chi connectivity index (χ1v) is 5.65. The maximum absolute atomic E-state index is 11.9. The number of morpholine rings is 1. The second kappa shape index (κ2) is 5.23. The molecule has 0 bridgehead atoms. The van der Waals surface area contributed by atoms with Gasteiger partial charge in [0.15, 0.2) is 5.78 Å². The molecule has 0 spiro atoms. The molecule has 3 nitrogen and oxygen atoms in total. The third-order valence-electron chi connectivity index (χ3n) is 2.81. The second-order valence-electron chi connectivity index (χ2n) is 4.21. The van der Waals surface area contributed by atoms with Crippen LogP contribution in [0.5, 0.6) is 0 Å². The summed E-state index contributed by atoms with van der Waals surface area (Å²) in [5, 5.41) is 3.18. The smallest absolute Gasteiger partial charge is 0.156 e. The number of ether oxygens (including phenoxy) is 1. The predicted molar refractivity (Wildman–Crippen MR) is 62.5 cm³/mol. The summed E-state index contributed by atoms with van der Waals surface area (Å²) in [5.41, 5.74) is 2.29. The Bertz CT molecular complexity index is 353. The molecule has 1 fully saturated rings. The van der Waals surface area contributed by atoms with Crippen LogP contribution in [-0.2, 0) is 16.0 Å². The van der Waals surface area contributed by atoms with Crippen molar-refractivity contribution in [2.75, 3.05) is 19.8 Å². The molecule has 1 aliphatic rings. The van der Waals surface area contributed by atoms with E-state index in [9.17, 15) is 4.79 Å². The van der Waals surface area contributed by atoms with Crippen LogP contribution in [0.1, 0.15) is 11.1 Å². The lowest BCUT2D eigenvalue weighted by Gasteiger charge is -2.22. The first-order chi connectivity index (χ1) is 7.75. The monoisotopic (exact) mass is 219 g/mol. The van der Waals surface area contributed by atoms with Crippen molar-refractivity contribution >= 4 is 5.78 Å². The van der Waals surface area contributed by atoms with Gasteiger partial charge in [-0.15, -0.1) is 0 Å². The summed E-state index contributed by atoms with van der Waals surface area (Å²) in [6.07, 6.45) is 0.487. The van der Waals surface area contributed by atoms with Gasteiger partial charge < -0.3 is 10.1 Å². The number of benzene rings is 1. The molecule has 1 aliphatic heterocycles. The van der Waals surface area contributed by atoms with Crippen LogP contribution < -0.4 is 5.32 Å². The van der Waals surface area contributed by atoms with Gasteiger partial charge in [-0.1, -0.05) is 29.8 Å². The highest BCUT2D eigenvalue weighted by Crippen LogP contribution is 2.06. The van der Waals surface area contributed by atoms with Gasteiger partial charge in [0.1, 0.15) is 0 Å². The van der Waals surface area contributed by atoms with Gasteiger partial charge in [0.25, 0.3) is 0 Å². The van der Waals surface area contributed by atoms with Gasteiger partial charge in [-0.05, 0) is 12.5 Å². The lowest BCUT2D eigenvalue weighted by molar-refractivity contribution is -0.123. The molecule has 0 radical (unpaired) electrons. The zero-order chi connectivity index (χ0) is 11.4. The lowest BCUT2D eigenvalue weighted by atomic mass is 10.0. The minimum Gasteiger partial charge on any atom is -0.378 e. The van der Waals surface area contributed by atoms with Crippen molar-refractivity contribution < 1.29 is 9.53 Å². The zero-order valence-corrected chi connectivity index (χ0v) is 9.53. The van der Waals surface area contributed by atoms with Gasteiger partial charge in [0.2, 0.25) is 0 Å². The van der Waals surface area contributed by atoms with Gasteiger partial charge in [0, 0.05) is 13.0 Å². The van der Waals surface area contributed by atoms with Crippen LogP contribution >= 0.6 is 0 Å². The molecule has 1 N–H and O–H groups in total. The largest absolute Gasteiger partial charge is 0.378 e. The van der Waals surface area contributed by atoms with Gasteiger partial charge in [0.05, 0.1) is 19.3 Å². The standard InChI is InChI=1S/C13H17NO2/c1-10-2-4-11(5-3-10)8-13(15)12-9-16-7-6-14-12/h2-5,12,14H,6-9H2,1H3. The first kappa shape index (κ1) is 11.3. The molecule has 1 aromatic rings. The van der Waals surface area contributed by atoms with E-state index in [1.54, 1.807) is 0 Å². The average molecular weight is 219 g/mol. The molecule has 1 unspecified atom stereocenters. The number of hydrogen-bond acceptors (Lipinski definition) is 3. The summed E-state index contributed by atoms with van der Waals surface area (Å²) in [5.74, 6) is 0.212. The van der Waals surface area contributed by atoms with E-state index in [2.05, 4.69) is 5.32 Å². The molecule has 1 aromatic carbocycles. The summed E-state index contributed by atoms with van der Waals surface area (Å²) in [4.78, 5) is 11.9. The Morgan fingerprint density at radius 3 is 2.81 bits per heavy atom. The maximum atomic E-state index is 11.9. The van der Waals surface area contributed by atoms with Gasteiger partial charge >= 0.3 is 0 Å². The molecular formula is C13H17NO2. The van der Waals surface area contributed by atoms with Crippen molar-refractivity contribution in [3.63, 3.8) is 0 Å². The summed E-state index contributed by atoms with van der Waals surface area (Å²) < 4.78 is 5.28. The fraction of sp³-hybridized carbons (Fsp3) is 0.462. The van der Waals surface area contributed by atoms with Crippen LogP contribution in [0.3, 0.4) is 0 Å². The van der Waals surface area contributed by atoms with Crippen molar-refractivity contribution in [1.82, 2.24) is 5.32 Å². The average Bonchev–Trinajstić information content (AvgIpc) is 2.33. The summed E-state index contributed by atoms with van der Waals surface area (Å²) >= 11 is 0. The van der Waals surface area contributed by atoms with Crippen molar-refractivity contribution in [2.45, 2.75) is 19.4 Å². The van der Waals surface area contributed by atoms with Crippen LogP contribution in [0.2, 0.25) is 0 Å². The minimum atomic E-state index is -0.130. The Kier molecular flexibility index (Phi) is 3.70. The molecule has 2 rings (SSSR count). The Balaban J connectivity index is 1.93. The molecule has 1 heterocycles. The molecule has 86 valence electrons. The number of Topliss-reactive ketones (excluding diaryl/α,β-unsaturated/α-hetero) is 1. The molecule has 3 heteroatoms. The summed E-state index contributed by atoms with van der Waals surface area (Å²) in [7, 11) is 0. The Morgan fingerprint density at radius 2 is 2.19 bits per heavy atom. The van der Waals surface area contributed by atoms with Gasteiger partial charge in [-0.2, -0.15) is 0 Å². The normalized spacial score (nSPS) is 20.7. The molecule has 0 aliphatic carbocycles. The van der Waals surface area contributed by atoms with Gasteiger partial charge in [-0.3, -0.25) is 4.79 Å². The number of ketones is 1. The van der Waals surface area contributed by atoms with E-state index in [-0.39, 0.29) is 11.8 Å². The fourth-order valence-corrected chi connectivity index (χ4v) is 1.80. The number of nitrogens with one attached hydrogen (secondary N) is 1. The fourth-order valence-electron chi connectivity index (χ4n) is 1.80. The second-order valence-corrected chi connectivity index (χ2v) is 4.21. The highest BCUT2D eigenvalue weighted by atomic mass is 16.5. The van der Waals surface area contributed by atoms with E-state index in [1.165, 1.54) is 5.56 Å². The maximum Gasteiger partial charge on any atom is 0.156 e. The Labute approximate surface area is 95.8 Å². The van der Waals surface area contributed by atoms with Crippen molar-refractivity contribution in [1.29, 1.82) is 0 Å². The van der Waals surface area contributed by atoms with E-state index in [4.69, 9.17) is 4.74 Å². The van der Waals surface area contributed by atoms with E-state index < -0.39 is 0 Å². The molecule has 1 saturated heterocycles. The highest BCUT2D eigenvalue weighted by Gasteiger charge is 2.20. The summed E-state index contributed by atoms with van der Waals surface area (Å²) in [6.45, 7) is 4.02. The molecule has 16 heavy (non-hydrogen) atoms. The number of hydrogen-bond donors (Lipinski definition) is 1. The molecular weight excluding hydrogens is 202 g/mol.